The molecule has 16 heteroatoms. The summed E-state index contributed by atoms with van der Waals surface area (Å²) >= 11 is 0. The number of aliphatic imine (C=N–C) groups is 1. The van der Waals surface area contributed by atoms with Gasteiger partial charge in [0.1, 0.15) is 18.4 Å². The Morgan fingerprint density at radius 2 is 1.86 bits per heavy atom. The fourth-order valence-corrected chi connectivity index (χ4v) is 6.35. The number of carbonyl (C=O) groups excluding carboxylic acids is 2. The quantitative estimate of drug-likeness (QED) is 0.226. The first-order chi connectivity index (χ1) is 21.1. The van der Waals surface area contributed by atoms with Crippen LogP contribution in [0.5, 0.6) is 0 Å². The number of carboxylic acid groups (broad SMARTS) is 1. The van der Waals surface area contributed by atoms with Crippen molar-refractivity contribution in [2.24, 2.45) is 10.1 Å². The number of benzene rings is 2. The number of nitrogens with one attached hydrogen (secondary N) is 4. The molecule has 0 bridgehead atoms. The number of guanidine groups is 1. The lowest BCUT2D eigenvalue weighted by molar-refractivity contribution is -0.138. The van der Waals surface area contributed by atoms with Gasteiger partial charge in [0.15, 0.2) is 11.6 Å². The first-order valence-corrected chi connectivity index (χ1v) is 15.5. The van der Waals surface area contributed by atoms with Crippen LogP contribution in [0.15, 0.2) is 75.7 Å². The maximum Gasteiger partial charge on any atom is 0.410 e. The number of ether oxygens (including phenoxy) is 1. The Kier molecular flexibility index (Phi) is 9.29. The van der Waals surface area contributed by atoms with Crippen LogP contribution in [-0.2, 0) is 35.8 Å². The monoisotopic (exact) mass is 627 g/mol. The molecule has 44 heavy (non-hydrogen) atoms. The molecule has 0 radical (unpaired) electrons. The Hall–Kier alpha value is -4.70. The van der Waals surface area contributed by atoms with Crippen LogP contribution in [0.25, 0.3) is 0 Å². The predicted octanol–water partition coefficient (Wildman–Crippen LogP) is 0.00930. The van der Waals surface area contributed by atoms with Gasteiger partial charge in [-0.3, -0.25) is 19.5 Å². The number of oxime groups is 1. The van der Waals surface area contributed by atoms with E-state index in [2.05, 4.69) is 30.8 Å². The van der Waals surface area contributed by atoms with E-state index < -0.39 is 46.2 Å². The Morgan fingerprint density at radius 3 is 2.55 bits per heavy atom. The summed E-state index contributed by atoms with van der Waals surface area (Å²) in [5.41, 5.74) is -0.177. The predicted molar refractivity (Wildman–Crippen MR) is 157 cm³/mol. The molecule has 0 saturated carbocycles. The summed E-state index contributed by atoms with van der Waals surface area (Å²) in [7, 11) is -4.15. The SMILES string of the molecule is O=C(NC[C@H](NS(=O)(=O)c1ccccc1)C(=O)O)C1=NOC2(C1)CC(CNC1=NCCN1)N(C(=O)OCc1ccccc1)C2. The second-order valence-electron chi connectivity index (χ2n) is 10.6. The van der Waals surface area contributed by atoms with E-state index in [1.165, 1.54) is 24.3 Å². The summed E-state index contributed by atoms with van der Waals surface area (Å²) in [6.07, 6.45) is -0.164. The molecule has 15 nitrogen and oxygen atoms in total. The molecule has 1 saturated heterocycles. The number of nitrogens with zero attached hydrogens (tertiary/aromatic N) is 3. The maximum atomic E-state index is 13.2. The second-order valence-corrected chi connectivity index (χ2v) is 12.3. The lowest BCUT2D eigenvalue weighted by atomic mass is 9.94. The van der Waals surface area contributed by atoms with Gasteiger partial charge in [-0.25, -0.2) is 13.2 Å². The van der Waals surface area contributed by atoms with Gasteiger partial charge in [0, 0.05) is 32.5 Å². The Bertz CT molecular complexity index is 1540. The minimum absolute atomic E-state index is 0.00639. The molecule has 2 amide bonds. The summed E-state index contributed by atoms with van der Waals surface area (Å²) in [4.78, 5) is 49.4. The highest BCUT2D eigenvalue weighted by Crippen LogP contribution is 2.37. The van der Waals surface area contributed by atoms with Crippen LogP contribution in [-0.4, -0.2) is 98.5 Å². The van der Waals surface area contributed by atoms with Crippen LogP contribution in [0.1, 0.15) is 18.4 Å². The normalized spacial score (nSPS) is 21.5. The number of carboxylic acids is 1. The van der Waals surface area contributed by atoms with Crippen molar-refractivity contribution in [1.29, 1.82) is 0 Å². The van der Waals surface area contributed by atoms with E-state index in [0.717, 1.165) is 5.56 Å². The zero-order chi connectivity index (χ0) is 31.2. The molecular formula is C28H33N7O8S. The van der Waals surface area contributed by atoms with E-state index in [9.17, 15) is 27.9 Å². The Morgan fingerprint density at radius 1 is 1.14 bits per heavy atom. The molecule has 3 heterocycles. The van der Waals surface area contributed by atoms with Crippen molar-refractivity contribution in [2.45, 2.75) is 42.0 Å². The zero-order valence-corrected chi connectivity index (χ0v) is 24.5. The molecule has 5 N–H and O–H groups in total. The van der Waals surface area contributed by atoms with E-state index in [4.69, 9.17) is 9.57 Å². The van der Waals surface area contributed by atoms with E-state index in [1.54, 1.807) is 11.0 Å². The van der Waals surface area contributed by atoms with Gasteiger partial charge < -0.3 is 30.6 Å². The molecule has 3 aliphatic rings. The van der Waals surface area contributed by atoms with Crippen LogP contribution < -0.4 is 20.7 Å². The lowest BCUT2D eigenvalue weighted by Gasteiger charge is -2.24. The average molecular weight is 628 g/mol. The average Bonchev–Trinajstić information content (AvgIpc) is 3.78. The van der Waals surface area contributed by atoms with Crippen LogP contribution in [0.4, 0.5) is 4.79 Å². The Labute approximate surface area is 253 Å². The number of amides is 2. The van der Waals surface area contributed by atoms with E-state index in [0.29, 0.717) is 32.0 Å². The molecule has 2 aromatic carbocycles. The lowest BCUT2D eigenvalue weighted by Crippen LogP contribution is -2.49. The minimum atomic E-state index is -4.15. The topological polar surface area (TPSA) is 200 Å². The highest BCUT2D eigenvalue weighted by atomic mass is 32.2. The molecule has 0 aliphatic carbocycles. The number of aliphatic carboxylic acids is 1. The van der Waals surface area contributed by atoms with Gasteiger partial charge in [0.05, 0.1) is 24.0 Å². The summed E-state index contributed by atoms with van der Waals surface area (Å²) in [6.45, 7) is 1.35. The van der Waals surface area contributed by atoms with Crippen molar-refractivity contribution in [2.75, 3.05) is 32.7 Å². The van der Waals surface area contributed by atoms with Crippen molar-refractivity contribution in [3.63, 3.8) is 0 Å². The van der Waals surface area contributed by atoms with Crippen molar-refractivity contribution in [3.8, 4) is 0 Å². The van der Waals surface area contributed by atoms with Gasteiger partial charge in [0.2, 0.25) is 10.0 Å². The number of hydrogen-bond acceptors (Lipinski definition) is 11. The fourth-order valence-electron chi connectivity index (χ4n) is 5.14. The Balaban J connectivity index is 1.20. The van der Waals surface area contributed by atoms with Crippen molar-refractivity contribution >= 4 is 39.7 Å². The molecule has 1 fully saturated rings. The molecule has 3 aliphatic heterocycles. The van der Waals surface area contributed by atoms with Crippen LogP contribution in [0.3, 0.4) is 0 Å². The van der Waals surface area contributed by atoms with Crippen LogP contribution >= 0.6 is 0 Å². The van der Waals surface area contributed by atoms with Crippen LogP contribution in [0, 0.1) is 0 Å². The number of sulfonamides is 1. The van der Waals surface area contributed by atoms with Gasteiger partial charge in [-0.2, -0.15) is 4.72 Å². The van der Waals surface area contributed by atoms with Crippen molar-refractivity contribution < 1.29 is 37.5 Å². The largest absolute Gasteiger partial charge is 0.480 e. The molecule has 1 spiro atoms. The number of hydrogen-bond donors (Lipinski definition) is 5. The summed E-state index contributed by atoms with van der Waals surface area (Å²) in [6, 6.07) is 14.6. The minimum Gasteiger partial charge on any atom is -0.480 e. The molecular weight excluding hydrogens is 594 g/mol. The van der Waals surface area contributed by atoms with Gasteiger partial charge in [0.25, 0.3) is 5.91 Å². The fraction of sp³-hybridized carbons (Fsp3) is 0.393. The van der Waals surface area contributed by atoms with Crippen LogP contribution in [0.2, 0.25) is 0 Å². The number of rotatable bonds is 11. The highest BCUT2D eigenvalue weighted by molar-refractivity contribution is 7.89. The molecule has 234 valence electrons. The molecule has 2 aromatic rings. The molecule has 2 unspecified atom stereocenters. The van der Waals surface area contributed by atoms with Gasteiger partial charge in [-0.05, 0) is 17.7 Å². The third-order valence-corrected chi connectivity index (χ3v) is 8.83. The van der Waals surface area contributed by atoms with Gasteiger partial charge >= 0.3 is 12.1 Å². The first kappa shape index (κ1) is 30.7. The second kappa shape index (κ2) is 13.3. The van der Waals surface area contributed by atoms with Gasteiger partial charge in [-0.1, -0.05) is 53.7 Å². The smallest absolute Gasteiger partial charge is 0.410 e. The number of carbonyl (C=O) groups is 3. The summed E-state index contributed by atoms with van der Waals surface area (Å²) in [5.74, 6) is -1.55. The van der Waals surface area contributed by atoms with Crippen molar-refractivity contribution in [1.82, 2.24) is 25.6 Å². The third kappa shape index (κ3) is 7.44. The number of likely N-dealkylation sites (tertiary alicyclic amines) is 1. The first-order valence-electron chi connectivity index (χ1n) is 14.0. The van der Waals surface area contributed by atoms with E-state index in [1.807, 2.05) is 30.3 Å². The molecule has 5 rings (SSSR count). The maximum absolute atomic E-state index is 13.2. The molecule has 3 atom stereocenters. The molecule has 0 aromatic heterocycles. The summed E-state index contributed by atoms with van der Waals surface area (Å²) < 4.78 is 32.9. The van der Waals surface area contributed by atoms with Gasteiger partial charge in [-0.15, -0.1) is 0 Å². The summed E-state index contributed by atoms with van der Waals surface area (Å²) in [5, 5.41) is 22.3. The third-order valence-electron chi connectivity index (χ3n) is 7.34. The zero-order valence-electron chi connectivity index (χ0n) is 23.6. The van der Waals surface area contributed by atoms with E-state index >= 15 is 0 Å². The van der Waals surface area contributed by atoms with Crippen molar-refractivity contribution in [3.05, 3.63) is 66.2 Å². The highest BCUT2D eigenvalue weighted by Gasteiger charge is 2.53. The van der Waals surface area contributed by atoms with E-state index in [-0.39, 0.29) is 36.2 Å². The standard InChI is InChI=1S/C28H33N7O8S/c36-24(31-16-23(25(37)38)34-44(40,41)21-9-5-2-6-10-21)22-14-28(43-33-22)13-20(15-32-26-29-11-12-30-26)35(18-28)27(39)42-17-19-7-3-1-4-8-19/h1-10,20,23,34H,11-18H2,(H,31,36)(H,37,38)(H2,29,30,32)/t20?,23-,28?/m0/s1.